The average molecular weight is 334 g/mol. The second-order valence-corrected chi connectivity index (χ2v) is 6.35. The summed E-state index contributed by atoms with van der Waals surface area (Å²) in [5, 5.41) is 12.5. The number of benzene rings is 1. The molecule has 2 N–H and O–H groups in total. The first-order chi connectivity index (χ1) is 11.6. The Labute approximate surface area is 145 Å². The number of aliphatic hydroxyl groups excluding tert-OH is 1. The van der Waals surface area contributed by atoms with Crippen molar-refractivity contribution >= 4 is 11.7 Å². The van der Waals surface area contributed by atoms with E-state index in [-0.39, 0.29) is 18.6 Å². The van der Waals surface area contributed by atoms with Gasteiger partial charge >= 0.3 is 6.03 Å². The van der Waals surface area contributed by atoms with Crippen molar-refractivity contribution in [3.63, 3.8) is 0 Å². The molecule has 1 heterocycles. The highest BCUT2D eigenvalue weighted by Gasteiger charge is 2.23. The number of nitrogens with zero attached hydrogens (tertiary/aromatic N) is 1. The topological polar surface area (TPSA) is 61.8 Å². The number of hydrogen-bond acceptors (Lipinski definition) is 3. The van der Waals surface area contributed by atoms with Crippen molar-refractivity contribution in [3.05, 3.63) is 28.8 Å². The second-order valence-electron chi connectivity index (χ2n) is 6.35. The summed E-state index contributed by atoms with van der Waals surface area (Å²) in [6.45, 7) is 8.52. The van der Waals surface area contributed by atoms with Crippen LogP contribution in [0.15, 0.2) is 12.1 Å². The van der Waals surface area contributed by atoms with Crippen molar-refractivity contribution < 1.29 is 14.6 Å². The summed E-state index contributed by atoms with van der Waals surface area (Å²) in [6.07, 6.45) is 2.77. The number of anilines is 1. The highest BCUT2D eigenvalue weighted by molar-refractivity contribution is 5.91. The van der Waals surface area contributed by atoms with Crippen LogP contribution < -0.4 is 5.32 Å². The summed E-state index contributed by atoms with van der Waals surface area (Å²) in [7, 11) is 0. The SMILES string of the molecule is CCc1cc(CC)c(NC(=O)N2CCOC[C@@H](CO)C2)c(CC)c1. The number of urea groups is 1. The van der Waals surface area contributed by atoms with Crippen LogP contribution in [0.4, 0.5) is 10.5 Å². The van der Waals surface area contributed by atoms with E-state index in [0.29, 0.717) is 26.3 Å². The molecule has 0 unspecified atom stereocenters. The van der Waals surface area contributed by atoms with Crippen molar-refractivity contribution in [1.29, 1.82) is 0 Å². The molecule has 1 aromatic rings. The van der Waals surface area contributed by atoms with Crippen LogP contribution in [-0.4, -0.2) is 48.9 Å². The van der Waals surface area contributed by atoms with E-state index in [0.717, 1.165) is 24.9 Å². The maximum absolute atomic E-state index is 12.8. The number of aryl methyl sites for hydroxylation is 3. The van der Waals surface area contributed by atoms with Crippen LogP contribution in [0.5, 0.6) is 0 Å². The van der Waals surface area contributed by atoms with E-state index in [1.807, 2.05) is 0 Å². The maximum atomic E-state index is 12.8. The molecule has 0 aromatic heterocycles. The van der Waals surface area contributed by atoms with Crippen LogP contribution in [0.1, 0.15) is 37.5 Å². The quantitative estimate of drug-likeness (QED) is 0.870. The van der Waals surface area contributed by atoms with Crippen LogP contribution in [0.25, 0.3) is 0 Å². The highest BCUT2D eigenvalue weighted by Crippen LogP contribution is 2.26. The third-order valence-corrected chi connectivity index (χ3v) is 4.65. The molecule has 134 valence electrons. The normalized spacial score (nSPS) is 18.3. The van der Waals surface area contributed by atoms with Gasteiger partial charge in [0.05, 0.1) is 13.2 Å². The summed E-state index contributed by atoms with van der Waals surface area (Å²) in [4.78, 5) is 14.5. The fourth-order valence-electron chi connectivity index (χ4n) is 3.12. The van der Waals surface area contributed by atoms with Gasteiger partial charge in [-0.25, -0.2) is 4.79 Å². The van der Waals surface area contributed by atoms with Crippen molar-refractivity contribution in [2.45, 2.75) is 40.0 Å². The minimum Gasteiger partial charge on any atom is -0.396 e. The second kappa shape index (κ2) is 9.04. The van der Waals surface area contributed by atoms with Gasteiger partial charge in [-0.05, 0) is 36.0 Å². The summed E-state index contributed by atoms with van der Waals surface area (Å²) in [5.41, 5.74) is 4.63. The van der Waals surface area contributed by atoms with E-state index in [1.165, 1.54) is 16.7 Å². The predicted molar refractivity (Wildman–Crippen MR) is 96.6 cm³/mol. The predicted octanol–water partition coefficient (Wildman–Crippen LogP) is 2.85. The number of rotatable bonds is 5. The fourth-order valence-corrected chi connectivity index (χ4v) is 3.12. The maximum Gasteiger partial charge on any atom is 0.321 e. The molecule has 1 aliphatic rings. The zero-order valence-electron chi connectivity index (χ0n) is 15.1. The first-order valence-corrected chi connectivity index (χ1v) is 9.02. The van der Waals surface area contributed by atoms with Gasteiger partial charge in [-0.2, -0.15) is 0 Å². The molecule has 0 saturated carbocycles. The van der Waals surface area contributed by atoms with Gasteiger partial charge in [-0.1, -0.05) is 32.9 Å². The van der Waals surface area contributed by atoms with Gasteiger partial charge in [0.15, 0.2) is 0 Å². The molecular weight excluding hydrogens is 304 g/mol. The Hall–Kier alpha value is -1.59. The Kier molecular flexibility index (Phi) is 7.06. The van der Waals surface area contributed by atoms with Crippen LogP contribution >= 0.6 is 0 Å². The van der Waals surface area contributed by atoms with Gasteiger partial charge in [0.25, 0.3) is 0 Å². The highest BCUT2D eigenvalue weighted by atomic mass is 16.5. The molecule has 0 radical (unpaired) electrons. The van der Waals surface area contributed by atoms with Crippen molar-refractivity contribution in [1.82, 2.24) is 4.90 Å². The van der Waals surface area contributed by atoms with Crippen LogP contribution in [0.3, 0.4) is 0 Å². The van der Waals surface area contributed by atoms with Crippen molar-refractivity contribution in [2.75, 3.05) is 38.2 Å². The molecule has 2 amide bonds. The third-order valence-electron chi connectivity index (χ3n) is 4.65. The molecule has 24 heavy (non-hydrogen) atoms. The van der Waals surface area contributed by atoms with Gasteiger partial charge in [0, 0.05) is 31.3 Å². The van der Waals surface area contributed by atoms with E-state index in [9.17, 15) is 9.90 Å². The fraction of sp³-hybridized carbons (Fsp3) is 0.632. The molecule has 0 bridgehead atoms. The van der Waals surface area contributed by atoms with Gasteiger partial charge in [-0.15, -0.1) is 0 Å². The number of hydrogen-bond donors (Lipinski definition) is 2. The zero-order chi connectivity index (χ0) is 17.5. The summed E-state index contributed by atoms with van der Waals surface area (Å²) in [5.74, 6) is -0.0167. The number of carbonyl (C=O) groups excluding carboxylic acids is 1. The Morgan fingerprint density at radius 3 is 2.46 bits per heavy atom. The molecular formula is C19H30N2O3. The Balaban J connectivity index is 2.21. The average Bonchev–Trinajstić information content (AvgIpc) is 2.87. The Morgan fingerprint density at radius 2 is 1.92 bits per heavy atom. The third kappa shape index (κ3) is 4.48. The van der Waals surface area contributed by atoms with Gasteiger partial charge in [0.1, 0.15) is 0 Å². The lowest BCUT2D eigenvalue weighted by Gasteiger charge is -2.25. The largest absolute Gasteiger partial charge is 0.396 e. The van der Waals surface area contributed by atoms with E-state index in [2.05, 4.69) is 38.2 Å². The number of aliphatic hydroxyl groups is 1. The molecule has 5 nitrogen and oxygen atoms in total. The molecule has 1 saturated heterocycles. The lowest BCUT2D eigenvalue weighted by atomic mass is 9.98. The van der Waals surface area contributed by atoms with E-state index >= 15 is 0 Å². The number of amides is 2. The monoisotopic (exact) mass is 334 g/mol. The Morgan fingerprint density at radius 1 is 1.25 bits per heavy atom. The first-order valence-electron chi connectivity index (χ1n) is 9.02. The van der Waals surface area contributed by atoms with E-state index in [4.69, 9.17) is 4.74 Å². The molecule has 5 heteroatoms. The molecule has 1 fully saturated rings. The van der Waals surface area contributed by atoms with Crippen molar-refractivity contribution in [3.8, 4) is 0 Å². The molecule has 0 spiro atoms. The summed E-state index contributed by atoms with van der Waals surface area (Å²) < 4.78 is 5.47. The lowest BCUT2D eigenvalue weighted by molar-refractivity contribution is 0.0958. The molecule has 2 rings (SSSR count). The van der Waals surface area contributed by atoms with E-state index in [1.54, 1.807) is 4.90 Å². The molecule has 1 aromatic carbocycles. The molecule has 1 aliphatic heterocycles. The smallest absolute Gasteiger partial charge is 0.321 e. The zero-order valence-corrected chi connectivity index (χ0v) is 15.1. The standard InChI is InChI=1S/C19H30N2O3/c1-4-14-9-16(5-2)18(17(6-3)10-14)20-19(23)21-7-8-24-13-15(11-21)12-22/h9-10,15,22H,4-8,11-13H2,1-3H3,(H,20,23)/t15-/m1/s1. The minimum atomic E-state index is -0.104. The number of carbonyl (C=O) groups is 1. The molecule has 1 atom stereocenters. The number of ether oxygens (including phenoxy) is 1. The van der Waals surface area contributed by atoms with E-state index < -0.39 is 0 Å². The van der Waals surface area contributed by atoms with Gasteiger partial charge in [-0.3, -0.25) is 0 Å². The van der Waals surface area contributed by atoms with Crippen LogP contribution in [-0.2, 0) is 24.0 Å². The van der Waals surface area contributed by atoms with Crippen LogP contribution in [0, 0.1) is 5.92 Å². The number of nitrogens with one attached hydrogen (secondary N) is 1. The first kappa shape index (κ1) is 18.7. The minimum absolute atomic E-state index is 0.0167. The van der Waals surface area contributed by atoms with Gasteiger partial charge < -0.3 is 20.1 Å². The molecule has 0 aliphatic carbocycles. The van der Waals surface area contributed by atoms with Crippen LogP contribution in [0.2, 0.25) is 0 Å². The Bertz CT molecular complexity index is 535. The summed E-state index contributed by atoms with van der Waals surface area (Å²) in [6, 6.07) is 4.28. The lowest BCUT2D eigenvalue weighted by Crippen LogP contribution is -2.40. The van der Waals surface area contributed by atoms with Crippen molar-refractivity contribution in [2.24, 2.45) is 5.92 Å². The van der Waals surface area contributed by atoms with Gasteiger partial charge in [0.2, 0.25) is 0 Å². The summed E-state index contributed by atoms with van der Waals surface area (Å²) >= 11 is 0.